The summed E-state index contributed by atoms with van der Waals surface area (Å²) in [6.07, 6.45) is -29.2. The van der Waals surface area contributed by atoms with E-state index in [1.54, 1.807) is 0 Å². The van der Waals surface area contributed by atoms with E-state index in [0.29, 0.717) is 13.0 Å². The zero-order valence-corrected chi connectivity index (χ0v) is 49.3. The highest BCUT2D eigenvalue weighted by atomic mass is 19.4. The van der Waals surface area contributed by atoms with Crippen LogP contribution in [0.5, 0.6) is 0 Å². The Morgan fingerprint density at radius 3 is 0.761 bits per heavy atom. The third kappa shape index (κ3) is 22.1. The second-order valence-electron chi connectivity index (χ2n) is 21.8. The first-order valence-corrected chi connectivity index (χ1v) is 28.6. The van der Waals surface area contributed by atoms with Gasteiger partial charge in [-0.2, -0.15) is 127 Å². The molecule has 0 radical (unpaired) electrons. The standard InChI is InChI=1S/C32H12BF24.C30H50NO4/c34-25(35,36)13-1-14(26(37,38)39)6-21(5-13)33(22-7-15(27(40,41)42)2-16(8-22)28(43,44)45,23-9-17(29(46,47)48)3-18(10-23)30(49,50)51)24-11-19(31(52,53)54)4-20(12-24)32(55,56)57;1-4-5-6-7-8-9-10-11-12-13-14-15-16-17-18-20-23-27(26-31-24-21-19-22-25-31)28(29(32)34-2)30(33)35-3/h1-12H;19,21-22,24-25H,4-18,20,23,26H2,1-3H3/q-1;+1. The Balaban J connectivity index is 0.000000442. The molecule has 0 atom stereocenters. The summed E-state index contributed by atoms with van der Waals surface area (Å²) in [6, 6.07) is -3.00. The smallest absolute Gasteiger partial charge is 0.416 e. The van der Waals surface area contributed by atoms with Gasteiger partial charge in [-0.3, -0.25) is 0 Å². The summed E-state index contributed by atoms with van der Waals surface area (Å²) in [4.78, 5) is 24.7. The zero-order chi connectivity index (χ0) is 69.5. The van der Waals surface area contributed by atoms with Crippen LogP contribution >= 0.6 is 0 Å². The lowest BCUT2D eigenvalue weighted by Gasteiger charge is -2.46. The van der Waals surface area contributed by atoms with Crippen LogP contribution in [0, 0.1) is 0 Å². The quantitative estimate of drug-likeness (QED) is 0.00854. The van der Waals surface area contributed by atoms with Gasteiger partial charge < -0.3 is 9.47 Å². The fourth-order valence-electron chi connectivity index (χ4n) is 10.6. The number of esters is 2. The molecule has 4 aromatic carbocycles. The van der Waals surface area contributed by atoms with Crippen LogP contribution in [0.4, 0.5) is 105 Å². The topological polar surface area (TPSA) is 56.5 Å². The highest BCUT2D eigenvalue weighted by Gasteiger charge is 2.47. The molecule has 0 N–H and O–H groups in total. The van der Waals surface area contributed by atoms with Gasteiger partial charge in [-0.25, -0.2) is 14.2 Å². The van der Waals surface area contributed by atoms with Crippen LogP contribution in [0.25, 0.3) is 0 Å². The molecular weight excluding hydrogens is 1290 g/mol. The number of aromatic nitrogens is 1. The van der Waals surface area contributed by atoms with Crippen LogP contribution in [0.2, 0.25) is 0 Å². The van der Waals surface area contributed by atoms with Crippen molar-refractivity contribution in [3.05, 3.63) is 159 Å². The lowest BCUT2D eigenvalue weighted by molar-refractivity contribution is -0.689. The highest BCUT2D eigenvalue weighted by molar-refractivity contribution is 7.20. The largest absolute Gasteiger partial charge is 0.465 e. The van der Waals surface area contributed by atoms with Gasteiger partial charge in [-0.1, -0.05) is 158 Å². The number of carbonyl (C=O) groups is 2. The van der Waals surface area contributed by atoms with Crippen LogP contribution in [0.1, 0.15) is 161 Å². The van der Waals surface area contributed by atoms with Crippen LogP contribution in [0.15, 0.2) is 115 Å². The molecule has 0 aliphatic heterocycles. The van der Waals surface area contributed by atoms with E-state index in [0.717, 1.165) is 18.4 Å². The van der Waals surface area contributed by atoms with Crippen LogP contribution in [0.3, 0.4) is 0 Å². The first-order valence-electron chi connectivity index (χ1n) is 28.6. The molecule has 30 heteroatoms. The Bertz CT molecular complexity index is 2790. The van der Waals surface area contributed by atoms with Crippen LogP contribution in [-0.2, 0) is 75.0 Å². The first kappa shape index (κ1) is 77.5. The van der Waals surface area contributed by atoms with E-state index in [9.17, 15) is 115 Å². The Labute approximate surface area is 513 Å². The van der Waals surface area contributed by atoms with Crippen LogP contribution < -0.4 is 26.4 Å². The average Bonchev–Trinajstić information content (AvgIpc) is 0.709. The van der Waals surface area contributed by atoms with E-state index in [1.807, 2.05) is 35.2 Å². The van der Waals surface area contributed by atoms with E-state index in [4.69, 9.17) is 9.47 Å². The molecule has 0 saturated carbocycles. The third-order valence-corrected chi connectivity index (χ3v) is 15.1. The Kier molecular flexibility index (Phi) is 26.8. The van der Waals surface area contributed by atoms with E-state index in [1.165, 1.54) is 104 Å². The number of carbonyl (C=O) groups excluding carboxylic acids is 2. The minimum atomic E-state index is -6.13. The van der Waals surface area contributed by atoms with Gasteiger partial charge in [-0.05, 0) is 37.1 Å². The molecule has 0 bridgehead atoms. The fraction of sp³-hybridized carbons (Fsp3) is 0.468. The van der Waals surface area contributed by atoms with Crippen molar-refractivity contribution in [2.45, 2.75) is 172 Å². The Morgan fingerprint density at radius 1 is 0.337 bits per heavy atom. The second-order valence-corrected chi connectivity index (χ2v) is 21.8. The minimum absolute atomic E-state index is 0.0345. The number of hydrogen-bond acceptors (Lipinski definition) is 4. The van der Waals surface area contributed by atoms with Gasteiger partial charge in [-0.15, -0.1) is 0 Å². The van der Waals surface area contributed by atoms with E-state index >= 15 is 0 Å². The lowest BCUT2D eigenvalue weighted by atomic mass is 9.12. The molecule has 5 aromatic rings. The number of pyridine rings is 1. The number of unbranched alkanes of at least 4 members (excludes halogenated alkanes) is 15. The van der Waals surface area contributed by atoms with Crippen molar-refractivity contribution >= 4 is 39.9 Å². The molecule has 510 valence electrons. The molecule has 0 unspecified atom stereocenters. The molecule has 0 spiro atoms. The predicted octanol–water partition coefficient (Wildman–Crippen LogP) is 18.5. The molecule has 5 rings (SSSR count). The van der Waals surface area contributed by atoms with Crippen molar-refractivity contribution in [2.24, 2.45) is 0 Å². The predicted molar refractivity (Wildman–Crippen MR) is 292 cm³/mol. The van der Waals surface area contributed by atoms with Crippen molar-refractivity contribution in [1.82, 2.24) is 0 Å². The van der Waals surface area contributed by atoms with Gasteiger partial charge >= 0.3 is 61.3 Å². The molecule has 5 nitrogen and oxygen atoms in total. The summed E-state index contributed by atoms with van der Waals surface area (Å²) < 4.78 is 353. The van der Waals surface area contributed by atoms with E-state index in [-0.39, 0.29) is 5.57 Å². The number of alkyl halides is 24. The monoisotopic (exact) mass is 1350 g/mol. The minimum Gasteiger partial charge on any atom is -0.465 e. The van der Waals surface area contributed by atoms with Crippen molar-refractivity contribution in [1.29, 1.82) is 0 Å². The summed E-state index contributed by atoms with van der Waals surface area (Å²) in [5.74, 6) is -1.25. The fourth-order valence-corrected chi connectivity index (χ4v) is 10.6. The SMILES string of the molecule is CCCCCCCCCCCCCCCCCCC(C[n+]1ccccc1)=C(C(=O)OC)C(=O)OC.FC(F)(F)c1cc([B-](c2cc(C(F)(F)F)cc(C(F)(F)F)c2)(c2cc(C(F)(F)F)cc(C(F)(F)F)c2)c2cc(C(F)(F)F)cc(C(F)(F)F)c2)cc(C(F)(F)F)c1. The van der Waals surface area contributed by atoms with E-state index < -0.39 is 207 Å². The normalized spacial score (nSPS) is 12.9. The molecule has 0 fully saturated rings. The van der Waals surface area contributed by atoms with Gasteiger partial charge in [0.25, 0.3) is 0 Å². The summed E-state index contributed by atoms with van der Waals surface area (Å²) in [6.45, 7) is 2.74. The maximum absolute atomic E-state index is 14.2. The summed E-state index contributed by atoms with van der Waals surface area (Å²) in [5, 5.41) is 0. The van der Waals surface area contributed by atoms with Gasteiger partial charge in [0.15, 0.2) is 18.9 Å². The summed E-state index contributed by atoms with van der Waals surface area (Å²) >= 11 is 0. The molecule has 0 aliphatic rings. The summed E-state index contributed by atoms with van der Waals surface area (Å²) in [7, 11) is 2.60. The third-order valence-electron chi connectivity index (χ3n) is 15.1. The highest BCUT2D eigenvalue weighted by Crippen LogP contribution is 2.42. The number of ether oxygens (including phenoxy) is 2. The molecule has 0 aliphatic carbocycles. The average molecular weight is 1350 g/mol. The van der Waals surface area contributed by atoms with E-state index in [2.05, 4.69) is 6.92 Å². The van der Waals surface area contributed by atoms with Crippen LogP contribution in [-0.4, -0.2) is 32.3 Å². The number of rotatable bonds is 25. The number of allylic oxidation sites excluding steroid dienone is 1. The van der Waals surface area contributed by atoms with Gasteiger partial charge in [0.2, 0.25) is 0 Å². The summed E-state index contributed by atoms with van der Waals surface area (Å²) in [5.41, 5.74) is -29.4. The maximum Gasteiger partial charge on any atom is 0.416 e. The van der Waals surface area contributed by atoms with Crippen molar-refractivity contribution < 1.29 is 129 Å². The molecule has 1 aromatic heterocycles. The van der Waals surface area contributed by atoms with Gasteiger partial charge in [0.1, 0.15) is 11.7 Å². The molecule has 0 amide bonds. The number of hydrogen-bond donors (Lipinski definition) is 0. The van der Waals surface area contributed by atoms with Gasteiger partial charge in [0, 0.05) is 17.7 Å². The molecule has 92 heavy (non-hydrogen) atoms. The first-order chi connectivity index (χ1) is 42.4. The number of methoxy groups -OCH3 is 2. The number of nitrogens with zero attached hydrogens (tertiary/aromatic N) is 1. The molecule has 0 saturated heterocycles. The number of halogens is 24. The molecular formula is C62H62BF24NO4. The lowest BCUT2D eigenvalue weighted by Crippen LogP contribution is -2.75. The Hall–Kier alpha value is -6.91. The van der Waals surface area contributed by atoms with Crippen molar-refractivity contribution in [3.63, 3.8) is 0 Å². The second kappa shape index (κ2) is 31.8. The van der Waals surface area contributed by atoms with Crippen molar-refractivity contribution in [2.75, 3.05) is 14.2 Å². The Morgan fingerprint density at radius 2 is 0.554 bits per heavy atom. The molecule has 1 heterocycles. The van der Waals surface area contributed by atoms with Crippen molar-refractivity contribution in [3.8, 4) is 0 Å². The maximum atomic E-state index is 14.2. The van der Waals surface area contributed by atoms with Gasteiger partial charge in [0.05, 0.1) is 58.7 Å². The number of benzene rings is 4. The zero-order valence-electron chi connectivity index (χ0n) is 49.3.